The Morgan fingerprint density at radius 1 is 1.18 bits per heavy atom. The number of hydrogen-bond donors (Lipinski definition) is 0. The van der Waals surface area contributed by atoms with Crippen molar-refractivity contribution in [3.63, 3.8) is 0 Å². The summed E-state index contributed by atoms with van der Waals surface area (Å²) in [5.74, 6) is -0.725. The summed E-state index contributed by atoms with van der Waals surface area (Å²) < 4.78 is 4.80. The number of aldehydes is 1. The van der Waals surface area contributed by atoms with Crippen LogP contribution in [-0.2, 0) is 19.1 Å². The van der Waals surface area contributed by atoms with E-state index in [1.165, 1.54) is 6.42 Å². The first-order chi connectivity index (χ1) is 8.07. The van der Waals surface area contributed by atoms with Crippen molar-refractivity contribution >= 4 is 18.0 Å². The Bertz CT molecular complexity index is 246. The van der Waals surface area contributed by atoms with Gasteiger partial charge in [-0.15, -0.1) is 0 Å². The fourth-order valence-corrected chi connectivity index (χ4v) is 1.37. The SMILES string of the molecule is CC(C)CCCCCOC(=O)C(=O)CCC=O. The molecule has 17 heavy (non-hydrogen) atoms. The van der Waals surface area contributed by atoms with Crippen LogP contribution >= 0.6 is 0 Å². The fourth-order valence-electron chi connectivity index (χ4n) is 1.37. The molecule has 0 aliphatic carbocycles. The molecule has 0 atom stereocenters. The summed E-state index contributed by atoms with van der Waals surface area (Å²) in [5, 5.41) is 0. The van der Waals surface area contributed by atoms with Crippen molar-refractivity contribution < 1.29 is 19.1 Å². The molecule has 0 unspecified atom stereocenters. The Hall–Kier alpha value is -1.19. The molecule has 0 radical (unpaired) electrons. The minimum absolute atomic E-state index is 0.0459. The summed E-state index contributed by atoms with van der Waals surface area (Å²) >= 11 is 0. The monoisotopic (exact) mass is 242 g/mol. The zero-order valence-electron chi connectivity index (χ0n) is 10.7. The maximum atomic E-state index is 11.1. The molecular formula is C13H22O4. The number of carbonyl (C=O) groups is 3. The maximum Gasteiger partial charge on any atom is 0.374 e. The van der Waals surface area contributed by atoms with Gasteiger partial charge in [0.2, 0.25) is 5.78 Å². The zero-order chi connectivity index (χ0) is 13.1. The van der Waals surface area contributed by atoms with Gasteiger partial charge < -0.3 is 9.53 Å². The highest BCUT2D eigenvalue weighted by Crippen LogP contribution is 2.08. The van der Waals surface area contributed by atoms with Gasteiger partial charge in [0.05, 0.1) is 6.61 Å². The standard InChI is InChI=1S/C13H22O4/c1-11(2)7-4-3-5-10-17-13(16)12(15)8-6-9-14/h9,11H,3-8,10H2,1-2H3. The van der Waals surface area contributed by atoms with E-state index in [4.69, 9.17) is 4.74 Å². The lowest BCUT2D eigenvalue weighted by Crippen LogP contribution is -2.17. The summed E-state index contributed by atoms with van der Waals surface area (Å²) in [6.45, 7) is 4.64. The first-order valence-corrected chi connectivity index (χ1v) is 6.21. The van der Waals surface area contributed by atoms with E-state index in [1.54, 1.807) is 0 Å². The molecule has 0 fully saturated rings. The smallest absolute Gasteiger partial charge is 0.374 e. The van der Waals surface area contributed by atoms with Gasteiger partial charge in [0, 0.05) is 12.8 Å². The molecule has 98 valence electrons. The number of Topliss-reactive ketones (excluding diaryl/α,β-unsaturated/α-hetero) is 1. The lowest BCUT2D eigenvalue weighted by atomic mass is 10.1. The Labute approximate surface area is 103 Å². The molecule has 4 nitrogen and oxygen atoms in total. The number of hydrogen-bond acceptors (Lipinski definition) is 4. The van der Waals surface area contributed by atoms with Gasteiger partial charge in [0.1, 0.15) is 6.29 Å². The highest BCUT2D eigenvalue weighted by Gasteiger charge is 2.13. The number of carbonyl (C=O) groups excluding carboxylic acids is 3. The van der Waals surface area contributed by atoms with Gasteiger partial charge in [0.15, 0.2) is 0 Å². The average molecular weight is 242 g/mol. The second-order valence-electron chi connectivity index (χ2n) is 4.51. The van der Waals surface area contributed by atoms with Crippen molar-refractivity contribution in [2.45, 2.75) is 52.4 Å². The molecular weight excluding hydrogens is 220 g/mol. The quantitative estimate of drug-likeness (QED) is 0.255. The van der Waals surface area contributed by atoms with Crippen LogP contribution in [0.1, 0.15) is 52.4 Å². The third-order valence-corrected chi connectivity index (χ3v) is 2.38. The van der Waals surface area contributed by atoms with Crippen molar-refractivity contribution in [3.8, 4) is 0 Å². The van der Waals surface area contributed by atoms with Crippen LogP contribution < -0.4 is 0 Å². The molecule has 0 saturated carbocycles. The van der Waals surface area contributed by atoms with E-state index in [2.05, 4.69) is 13.8 Å². The average Bonchev–Trinajstić information content (AvgIpc) is 2.29. The zero-order valence-corrected chi connectivity index (χ0v) is 10.7. The van der Waals surface area contributed by atoms with Crippen molar-refractivity contribution in [2.75, 3.05) is 6.61 Å². The van der Waals surface area contributed by atoms with E-state index >= 15 is 0 Å². The van der Waals surface area contributed by atoms with Gasteiger partial charge >= 0.3 is 5.97 Å². The third-order valence-electron chi connectivity index (χ3n) is 2.38. The fraction of sp³-hybridized carbons (Fsp3) is 0.769. The van der Waals surface area contributed by atoms with Crippen molar-refractivity contribution in [1.82, 2.24) is 0 Å². The highest BCUT2D eigenvalue weighted by molar-refractivity contribution is 6.33. The van der Waals surface area contributed by atoms with Crippen LogP contribution in [0.4, 0.5) is 0 Å². The molecule has 0 spiro atoms. The molecule has 0 aromatic rings. The second kappa shape index (κ2) is 10.00. The molecule has 0 aromatic carbocycles. The number of ether oxygens (including phenoxy) is 1. The summed E-state index contributed by atoms with van der Waals surface area (Å²) in [7, 11) is 0. The van der Waals surface area contributed by atoms with E-state index in [0.717, 1.165) is 19.3 Å². The van der Waals surface area contributed by atoms with Crippen molar-refractivity contribution in [3.05, 3.63) is 0 Å². The molecule has 0 rings (SSSR count). The van der Waals surface area contributed by atoms with E-state index in [0.29, 0.717) is 18.8 Å². The Kier molecular flexibility index (Phi) is 9.30. The summed E-state index contributed by atoms with van der Waals surface area (Å²) in [4.78, 5) is 32.2. The minimum atomic E-state index is -0.810. The van der Waals surface area contributed by atoms with Crippen LogP contribution in [0.15, 0.2) is 0 Å². The van der Waals surface area contributed by atoms with Crippen LogP contribution in [0.3, 0.4) is 0 Å². The number of unbranched alkanes of at least 4 members (excludes halogenated alkanes) is 2. The predicted octanol–water partition coefficient (Wildman–Crippen LogP) is 2.29. The third kappa shape index (κ3) is 9.72. The molecule has 0 saturated heterocycles. The maximum absolute atomic E-state index is 11.1. The van der Waals surface area contributed by atoms with Gasteiger partial charge in [-0.25, -0.2) is 4.79 Å². The van der Waals surface area contributed by atoms with Gasteiger partial charge in [-0.1, -0.05) is 33.1 Å². The van der Waals surface area contributed by atoms with Crippen LogP contribution in [0, 0.1) is 5.92 Å². The molecule has 4 heteroatoms. The van der Waals surface area contributed by atoms with E-state index in [1.807, 2.05) is 0 Å². The molecule has 0 aliphatic heterocycles. The molecule has 0 bridgehead atoms. The summed E-state index contributed by atoms with van der Waals surface area (Å²) in [5.41, 5.74) is 0. The Morgan fingerprint density at radius 3 is 2.47 bits per heavy atom. The minimum Gasteiger partial charge on any atom is -0.460 e. The number of ketones is 1. The number of esters is 1. The van der Waals surface area contributed by atoms with Crippen molar-refractivity contribution in [2.24, 2.45) is 5.92 Å². The lowest BCUT2D eigenvalue weighted by Gasteiger charge is -2.05. The molecule has 0 amide bonds. The van der Waals surface area contributed by atoms with E-state index < -0.39 is 11.8 Å². The molecule has 0 aromatic heterocycles. The molecule has 0 aliphatic rings. The van der Waals surface area contributed by atoms with Crippen LogP contribution in [0.5, 0.6) is 0 Å². The van der Waals surface area contributed by atoms with Crippen LogP contribution in [0.25, 0.3) is 0 Å². The highest BCUT2D eigenvalue weighted by atomic mass is 16.5. The van der Waals surface area contributed by atoms with Gasteiger partial charge in [-0.05, 0) is 12.3 Å². The van der Waals surface area contributed by atoms with Crippen LogP contribution in [0.2, 0.25) is 0 Å². The van der Waals surface area contributed by atoms with Gasteiger partial charge in [-0.3, -0.25) is 4.79 Å². The van der Waals surface area contributed by atoms with E-state index in [-0.39, 0.29) is 12.8 Å². The summed E-state index contributed by atoms with van der Waals surface area (Å²) in [6, 6.07) is 0. The first-order valence-electron chi connectivity index (χ1n) is 6.21. The second-order valence-corrected chi connectivity index (χ2v) is 4.51. The number of rotatable bonds is 10. The molecule has 0 N–H and O–H groups in total. The van der Waals surface area contributed by atoms with Gasteiger partial charge in [-0.2, -0.15) is 0 Å². The Morgan fingerprint density at radius 2 is 1.88 bits per heavy atom. The summed E-state index contributed by atoms with van der Waals surface area (Å²) in [6.07, 6.45) is 4.75. The predicted molar refractivity (Wildman–Crippen MR) is 64.6 cm³/mol. The molecule has 0 heterocycles. The topological polar surface area (TPSA) is 60.4 Å². The van der Waals surface area contributed by atoms with E-state index in [9.17, 15) is 14.4 Å². The Balaban J connectivity index is 3.44. The largest absolute Gasteiger partial charge is 0.460 e. The van der Waals surface area contributed by atoms with Gasteiger partial charge in [0.25, 0.3) is 0 Å². The van der Waals surface area contributed by atoms with Crippen LogP contribution in [-0.4, -0.2) is 24.6 Å². The van der Waals surface area contributed by atoms with Crippen molar-refractivity contribution in [1.29, 1.82) is 0 Å². The normalized spacial score (nSPS) is 10.3. The lowest BCUT2D eigenvalue weighted by molar-refractivity contribution is -0.154. The first kappa shape index (κ1) is 15.8.